The highest BCUT2D eigenvalue weighted by atomic mass is 32.1. The van der Waals surface area contributed by atoms with E-state index in [9.17, 15) is 40.3 Å². The molecule has 2 aromatic carbocycles. The number of nitrogens with zero attached hydrogens (tertiary/aromatic N) is 1. The molecule has 7 nitrogen and oxygen atoms in total. The third-order valence-electron chi connectivity index (χ3n) is 4.44. The number of benzene rings is 2. The Bertz CT molecular complexity index is 1240. The van der Waals surface area contributed by atoms with E-state index in [0.29, 0.717) is 17.1 Å². The Morgan fingerprint density at radius 1 is 0.919 bits per heavy atom. The van der Waals surface area contributed by atoms with Gasteiger partial charge < -0.3 is 20.1 Å². The third-order valence-corrected chi connectivity index (χ3v) is 5.29. The van der Waals surface area contributed by atoms with E-state index in [4.69, 9.17) is 4.74 Å². The number of ether oxygens (including phenoxy) is 2. The minimum Gasteiger partial charge on any atom is -0.484 e. The molecule has 15 heteroatoms. The fourth-order valence-electron chi connectivity index (χ4n) is 2.78. The first-order valence-corrected chi connectivity index (χ1v) is 11.0. The largest absolute Gasteiger partial charge is 0.573 e. The maximum atomic E-state index is 13.4. The number of amides is 2. The van der Waals surface area contributed by atoms with Gasteiger partial charge in [-0.2, -0.15) is 13.2 Å². The molecule has 0 saturated heterocycles. The molecule has 1 heterocycles. The minimum atomic E-state index is -4.88. The summed E-state index contributed by atoms with van der Waals surface area (Å²) in [6.45, 7) is -0.812. The van der Waals surface area contributed by atoms with Crippen molar-refractivity contribution in [3.8, 4) is 11.5 Å². The van der Waals surface area contributed by atoms with E-state index in [1.54, 1.807) is 0 Å². The molecular formula is C22H16F7N3O4S. The number of rotatable bonds is 9. The summed E-state index contributed by atoms with van der Waals surface area (Å²) in [6.07, 6.45) is -9.71. The van der Waals surface area contributed by atoms with Gasteiger partial charge in [0.1, 0.15) is 28.0 Å². The maximum absolute atomic E-state index is 13.4. The summed E-state index contributed by atoms with van der Waals surface area (Å²) in [4.78, 5) is 28.2. The summed E-state index contributed by atoms with van der Waals surface area (Å²) >= 11 is 1.04. The van der Waals surface area contributed by atoms with Crippen molar-refractivity contribution >= 4 is 23.2 Å². The van der Waals surface area contributed by atoms with E-state index in [-0.39, 0.29) is 30.1 Å². The number of thiazole rings is 1. The molecule has 37 heavy (non-hydrogen) atoms. The van der Waals surface area contributed by atoms with Gasteiger partial charge in [-0.1, -0.05) is 6.07 Å². The number of carbonyl (C=O) groups is 2. The average molecular weight is 551 g/mol. The lowest BCUT2D eigenvalue weighted by Crippen LogP contribution is -2.28. The number of nitrogens with one attached hydrogen (secondary N) is 2. The van der Waals surface area contributed by atoms with Crippen LogP contribution >= 0.6 is 11.3 Å². The van der Waals surface area contributed by atoms with Crippen LogP contribution in [0.3, 0.4) is 0 Å². The molecular weight excluding hydrogens is 535 g/mol. The maximum Gasteiger partial charge on any atom is 0.573 e. The number of aromatic nitrogens is 1. The van der Waals surface area contributed by atoms with Crippen LogP contribution in [0.25, 0.3) is 0 Å². The van der Waals surface area contributed by atoms with Crippen LogP contribution in [0.1, 0.15) is 26.6 Å². The van der Waals surface area contributed by atoms with Gasteiger partial charge in [-0.25, -0.2) is 9.37 Å². The van der Waals surface area contributed by atoms with Crippen LogP contribution in [0.5, 0.6) is 11.5 Å². The van der Waals surface area contributed by atoms with Gasteiger partial charge in [-0.15, -0.1) is 24.5 Å². The van der Waals surface area contributed by atoms with E-state index >= 15 is 0 Å². The number of hydrogen-bond donors (Lipinski definition) is 2. The Hall–Kier alpha value is -3.88. The fourth-order valence-corrected chi connectivity index (χ4v) is 3.49. The molecule has 0 unspecified atom stereocenters. The van der Waals surface area contributed by atoms with Gasteiger partial charge in [-0.3, -0.25) is 9.59 Å². The summed E-state index contributed by atoms with van der Waals surface area (Å²) in [5, 5.41) is 6.59. The van der Waals surface area contributed by atoms with Gasteiger partial charge in [0, 0.05) is 11.9 Å². The molecule has 0 spiro atoms. The summed E-state index contributed by atoms with van der Waals surface area (Å²) in [5.74, 6) is -3.01. The fraction of sp³-hybridized carbons (Fsp3) is 0.227. The van der Waals surface area contributed by atoms with Crippen molar-refractivity contribution in [3.63, 3.8) is 0 Å². The molecule has 0 radical (unpaired) electrons. The Morgan fingerprint density at radius 2 is 1.59 bits per heavy atom. The molecule has 0 bridgehead atoms. The summed E-state index contributed by atoms with van der Waals surface area (Å²) in [7, 11) is 0. The predicted octanol–water partition coefficient (Wildman–Crippen LogP) is 4.82. The molecule has 0 fully saturated rings. The van der Waals surface area contributed by atoms with Gasteiger partial charge in [0.15, 0.2) is 6.61 Å². The topological polar surface area (TPSA) is 89.6 Å². The number of halogens is 7. The highest BCUT2D eigenvalue weighted by molar-refractivity contribution is 7.09. The van der Waals surface area contributed by atoms with E-state index in [0.717, 1.165) is 29.5 Å². The van der Waals surface area contributed by atoms with Gasteiger partial charge in [0.2, 0.25) is 0 Å². The van der Waals surface area contributed by atoms with Gasteiger partial charge in [0.25, 0.3) is 11.8 Å². The second-order valence-electron chi connectivity index (χ2n) is 7.21. The third kappa shape index (κ3) is 8.63. The molecule has 3 rings (SSSR count). The lowest BCUT2D eigenvalue weighted by molar-refractivity contribution is -0.274. The second kappa shape index (κ2) is 11.5. The van der Waals surface area contributed by atoms with Crippen molar-refractivity contribution in [1.82, 2.24) is 15.6 Å². The van der Waals surface area contributed by atoms with Crippen LogP contribution < -0.4 is 20.1 Å². The first kappa shape index (κ1) is 27.7. The number of carbonyl (C=O) groups excluding carboxylic acids is 2. The zero-order valence-electron chi connectivity index (χ0n) is 18.4. The van der Waals surface area contributed by atoms with Crippen molar-refractivity contribution in [2.24, 2.45) is 0 Å². The molecule has 0 aliphatic rings. The quantitative estimate of drug-likeness (QED) is 0.372. The summed E-state index contributed by atoms with van der Waals surface area (Å²) in [6, 6.07) is 6.80. The summed E-state index contributed by atoms with van der Waals surface area (Å²) < 4.78 is 97.2. The van der Waals surface area contributed by atoms with E-state index in [1.807, 2.05) is 0 Å². The number of alkyl halides is 6. The Labute approximate surface area is 208 Å². The molecule has 198 valence electrons. The van der Waals surface area contributed by atoms with Gasteiger partial charge in [-0.05, 0) is 42.0 Å². The SMILES string of the molecule is O=C(COc1ccc(OC(F)(F)F)cc1)NCc1nc(C(=O)NCc2ccc(F)c(C(F)(F)F)c2)cs1. The molecule has 1 aromatic heterocycles. The van der Waals surface area contributed by atoms with E-state index < -0.39 is 48.1 Å². The van der Waals surface area contributed by atoms with Crippen molar-refractivity contribution < 1.29 is 49.8 Å². The molecule has 0 aliphatic carbocycles. The van der Waals surface area contributed by atoms with Crippen LogP contribution in [-0.2, 0) is 24.1 Å². The second-order valence-corrected chi connectivity index (χ2v) is 8.15. The Balaban J connectivity index is 1.44. The van der Waals surface area contributed by atoms with Crippen molar-refractivity contribution in [2.75, 3.05) is 6.61 Å². The standard InChI is InChI=1S/C22H16F7N3O4S/c23-16-6-1-12(7-15(16)21(24,25)26)8-31-20(34)17-11-37-19(32-17)9-30-18(33)10-35-13-2-4-14(5-3-13)36-22(27,28)29/h1-7,11H,8-10H2,(H,30,33)(H,31,34). The molecule has 2 amide bonds. The van der Waals surface area contributed by atoms with Gasteiger partial charge >= 0.3 is 12.5 Å². The Morgan fingerprint density at radius 3 is 2.24 bits per heavy atom. The first-order valence-electron chi connectivity index (χ1n) is 10.1. The lowest BCUT2D eigenvalue weighted by Gasteiger charge is -2.10. The zero-order valence-corrected chi connectivity index (χ0v) is 19.2. The van der Waals surface area contributed by atoms with E-state index in [2.05, 4.69) is 20.4 Å². The molecule has 0 aliphatic heterocycles. The van der Waals surface area contributed by atoms with Gasteiger partial charge in [0.05, 0.1) is 12.1 Å². The predicted molar refractivity (Wildman–Crippen MR) is 115 cm³/mol. The van der Waals surface area contributed by atoms with Crippen LogP contribution in [0, 0.1) is 5.82 Å². The average Bonchev–Trinajstić information content (AvgIpc) is 3.29. The minimum absolute atomic E-state index is 0.0345. The molecule has 3 aromatic rings. The van der Waals surface area contributed by atoms with Crippen LogP contribution in [-0.4, -0.2) is 29.8 Å². The zero-order chi connectivity index (χ0) is 27.2. The van der Waals surface area contributed by atoms with Crippen LogP contribution in [0.2, 0.25) is 0 Å². The van der Waals surface area contributed by atoms with Crippen molar-refractivity contribution in [1.29, 1.82) is 0 Å². The molecule has 0 saturated carbocycles. The monoisotopic (exact) mass is 551 g/mol. The van der Waals surface area contributed by atoms with Crippen LogP contribution in [0.15, 0.2) is 47.8 Å². The van der Waals surface area contributed by atoms with E-state index in [1.165, 1.54) is 17.5 Å². The Kier molecular flexibility index (Phi) is 8.57. The number of hydrogen-bond acceptors (Lipinski definition) is 6. The highest BCUT2D eigenvalue weighted by Crippen LogP contribution is 2.32. The van der Waals surface area contributed by atoms with Crippen LogP contribution in [0.4, 0.5) is 30.7 Å². The highest BCUT2D eigenvalue weighted by Gasteiger charge is 2.34. The summed E-state index contributed by atoms with van der Waals surface area (Å²) in [5.41, 5.74) is -1.44. The lowest BCUT2D eigenvalue weighted by atomic mass is 10.1. The molecule has 0 atom stereocenters. The first-order chi connectivity index (χ1) is 17.3. The van der Waals surface area contributed by atoms with Crippen molar-refractivity contribution in [3.05, 3.63) is 75.5 Å². The smallest absolute Gasteiger partial charge is 0.484 e. The normalized spacial score (nSPS) is 11.6. The van der Waals surface area contributed by atoms with Crippen molar-refractivity contribution in [2.45, 2.75) is 25.6 Å². The molecule has 2 N–H and O–H groups in total.